The Bertz CT molecular complexity index is 538. The van der Waals surface area contributed by atoms with Crippen molar-refractivity contribution < 1.29 is 9.53 Å². The molecule has 0 fully saturated rings. The topological polar surface area (TPSA) is 65.2 Å². The first-order chi connectivity index (χ1) is 8.65. The molecule has 0 saturated carbocycles. The van der Waals surface area contributed by atoms with Crippen molar-refractivity contribution >= 4 is 27.6 Å². The van der Waals surface area contributed by atoms with Crippen LogP contribution in [-0.4, -0.2) is 11.0 Å². The van der Waals surface area contributed by atoms with Crippen LogP contribution in [0.1, 0.15) is 15.9 Å². The van der Waals surface area contributed by atoms with Gasteiger partial charge in [0.25, 0.3) is 0 Å². The summed E-state index contributed by atoms with van der Waals surface area (Å²) in [5, 5.41) is 0. The average Bonchev–Trinajstić information content (AvgIpc) is 2.36. The number of rotatable bonds is 3. The Morgan fingerprint density at radius 1 is 1.28 bits per heavy atom. The van der Waals surface area contributed by atoms with Crippen molar-refractivity contribution in [2.45, 2.75) is 6.61 Å². The number of pyridine rings is 1. The van der Waals surface area contributed by atoms with Crippen LogP contribution >= 0.6 is 15.9 Å². The molecular weight excluding hydrogens is 296 g/mol. The van der Waals surface area contributed by atoms with Gasteiger partial charge in [-0.15, -0.1) is 0 Å². The second-order valence-electron chi connectivity index (χ2n) is 3.70. The van der Waals surface area contributed by atoms with E-state index >= 15 is 0 Å². The van der Waals surface area contributed by atoms with E-state index in [1.54, 1.807) is 42.7 Å². The zero-order valence-corrected chi connectivity index (χ0v) is 11.1. The van der Waals surface area contributed by atoms with Gasteiger partial charge in [-0.05, 0) is 35.9 Å². The third-order valence-corrected chi connectivity index (χ3v) is 2.73. The molecule has 92 valence electrons. The second kappa shape index (κ2) is 5.64. The third-order valence-electron chi connectivity index (χ3n) is 2.28. The second-order valence-corrected chi connectivity index (χ2v) is 4.62. The quantitative estimate of drug-likeness (QED) is 0.699. The molecule has 0 aliphatic carbocycles. The largest absolute Gasteiger partial charge is 0.457 e. The first-order valence-corrected chi connectivity index (χ1v) is 6.06. The van der Waals surface area contributed by atoms with E-state index in [0.29, 0.717) is 11.3 Å². The molecule has 4 nitrogen and oxygen atoms in total. The van der Waals surface area contributed by atoms with E-state index in [2.05, 4.69) is 20.9 Å². The number of nitrogens with zero attached hydrogens (tertiary/aromatic N) is 1. The highest BCUT2D eigenvalue weighted by molar-refractivity contribution is 9.10. The fourth-order valence-corrected chi connectivity index (χ4v) is 1.95. The first kappa shape index (κ1) is 12.6. The van der Waals surface area contributed by atoms with E-state index in [1.807, 2.05) is 0 Å². The highest BCUT2D eigenvalue weighted by Crippen LogP contribution is 2.18. The molecule has 0 amide bonds. The van der Waals surface area contributed by atoms with Gasteiger partial charge in [-0.1, -0.05) is 15.9 Å². The summed E-state index contributed by atoms with van der Waals surface area (Å²) in [5.74, 6) is -0.403. The molecule has 2 rings (SSSR count). The highest BCUT2D eigenvalue weighted by Gasteiger charge is 2.09. The number of carbonyl (C=O) groups excluding carboxylic acids is 1. The molecule has 0 spiro atoms. The number of halogens is 1. The summed E-state index contributed by atoms with van der Waals surface area (Å²) < 4.78 is 5.93. The monoisotopic (exact) mass is 306 g/mol. The maximum Gasteiger partial charge on any atom is 0.338 e. The molecule has 0 radical (unpaired) electrons. The van der Waals surface area contributed by atoms with Gasteiger partial charge in [0.05, 0.1) is 5.56 Å². The van der Waals surface area contributed by atoms with Gasteiger partial charge < -0.3 is 10.5 Å². The van der Waals surface area contributed by atoms with Gasteiger partial charge in [0.2, 0.25) is 0 Å². The molecule has 18 heavy (non-hydrogen) atoms. The summed E-state index contributed by atoms with van der Waals surface area (Å²) in [6.07, 6.45) is 3.31. The van der Waals surface area contributed by atoms with E-state index in [1.165, 1.54) is 0 Å². The summed E-state index contributed by atoms with van der Waals surface area (Å²) >= 11 is 3.28. The number of ether oxygens (including phenoxy) is 1. The number of aromatic nitrogens is 1. The number of nitrogens with two attached hydrogens (primary N) is 1. The Hall–Kier alpha value is -1.88. The standard InChI is InChI=1S/C13H11BrN2O2/c14-11-5-10(6-12(15)7-11)13(17)18-8-9-1-3-16-4-2-9/h1-7H,8,15H2. The van der Waals surface area contributed by atoms with E-state index in [-0.39, 0.29) is 6.61 Å². The fraction of sp³-hybridized carbons (Fsp3) is 0.0769. The van der Waals surface area contributed by atoms with Gasteiger partial charge in [-0.25, -0.2) is 4.79 Å². The van der Waals surface area contributed by atoms with Crippen LogP contribution in [0.15, 0.2) is 47.2 Å². The van der Waals surface area contributed by atoms with Crippen LogP contribution in [0.4, 0.5) is 5.69 Å². The summed E-state index contributed by atoms with van der Waals surface area (Å²) in [4.78, 5) is 15.7. The van der Waals surface area contributed by atoms with Crippen molar-refractivity contribution in [1.82, 2.24) is 4.98 Å². The van der Waals surface area contributed by atoms with Crippen LogP contribution in [0, 0.1) is 0 Å². The van der Waals surface area contributed by atoms with Gasteiger partial charge in [0.15, 0.2) is 0 Å². The van der Waals surface area contributed by atoms with Crippen molar-refractivity contribution in [2.24, 2.45) is 0 Å². The van der Waals surface area contributed by atoms with Gasteiger partial charge in [-0.2, -0.15) is 0 Å². The maximum atomic E-state index is 11.8. The van der Waals surface area contributed by atoms with Gasteiger partial charge in [-0.3, -0.25) is 4.98 Å². The van der Waals surface area contributed by atoms with Crippen molar-refractivity contribution in [3.63, 3.8) is 0 Å². The number of hydrogen-bond donors (Lipinski definition) is 1. The van der Waals surface area contributed by atoms with Crippen molar-refractivity contribution in [3.8, 4) is 0 Å². The predicted octanol–water partition coefficient (Wildman–Crippen LogP) is 2.78. The summed E-state index contributed by atoms with van der Waals surface area (Å²) in [6, 6.07) is 8.57. The molecule has 0 saturated heterocycles. The van der Waals surface area contributed by atoms with Crippen LogP contribution in [0.2, 0.25) is 0 Å². The highest BCUT2D eigenvalue weighted by atomic mass is 79.9. The van der Waals surface area contributed by atoms with Crippen LogP contribution < -0.4 is 5.73 Å². The molecule has 0 atom stereocenters. The number of esters is 1. The normalized spacial score (nSPS) is 10.1. The molecule has 1 heterocycles. The molecule has 2 aromatic rings. The van der Waals surface area contributed by atoms with Crippen LogP contribution in [0.25, 0.3) is 0 Å². The van der Waals surface area contributed by atoms with E-state index in [9.17, 15) is 4.79 Å². The number of anilines is 1. The van der Waals surface area contributed by atoms with E-state index in [4.69, 9.17) is 10.5 Å². The van der Waals surface area contributed by atoms with Crippen LogP contribution in [-0.2, 0) is 11.3 Å². The summed E-state index contributed by atoms with van der Waals surface area (Å²) in [7, 11) is 0. The Morgan fingerprint density at radius 3 is 2.67 bits per heavy atom. The number of hydrogen-bond acceptors (Lipinski definition) is 4. The number of nitrogen functional groups attached to an aromatic ring is 1. The average molecular weight is 307 g/mol. The van der Waals surface area contributed by atoms with Gasteiger partial charge >= 0.3 is 5.97 Å². The van der Waals surface area contributed by atoms with E-state index in [0.717, 1.165) is 10.0 Å². The molecule has 0 unspecified atom stereocenters. The summed E-state index contributed by atoms with van der Waals surface area (Å²) in [6.45, 7) is 0.216. The lowest BCUT2D eigenvalue weighted by Gasteiger charge is -2.06. The minimum Gasteiger partial charge on any atom is -0.457 e. The SMILES string of the molecule is Nc1cc(Br)cc(C(=O)OCc2ccncc2)c1. The lowest BCUT2D eigenvalue weighted by molar-refractivity contribution is 0.0472. The molecular formula is C13H11BrN2O2. The Balaban J connectivity index is 2.04. The Kier molecular flexibility index (Phi) is 3.94. The number of benzene rings is 1. The molecule has 0 aliphatic rings. The van der Waals surface area contributed by atoms with Crippen LogP contribution in [0.3, 0.4) is 0 Å². The third kappa shape index (κ3) is 3.30. The molecule has 5 heteroatoms. The lowest BCUT2D eigenvalue weighted by Crippen LogP contribution is -2.06. The van der Waals surface area contributed by atoms with Crippen molar-refractivity contribution in [3.05, 3.63) is 58.3 Å². The number of carbonyl (C=O) groups is 1. The molecule has 0 bridgehead atoms. The molecule has 1 aromatic carbocycles. The zero-order valence-electron chi connectivity index (χ0n) is 9.47. The molecule has 1 aromatic heterocycles. The minimum absolute atomic E-state index is 0.216. The van der Waals surface area contributed by atoms with Crippen molar-refractivity contribution in [1.29, 1.82) is 0 Å². The minimum atomic E-state index is -0.403. The zero-order chi connectivity index (χ0) is 13.0. The smallest absolute Gasteiger partial charge is 0.338 e. The maximum absolute atomic E-state index is 11.8. The van der Waals surface area contributed by atoms with Crippen molar-refractivity contribution in [2.75, 3.05) is 5.73 Å². The lowest BCUT2D eigenvalue weighted by atomic mass is 10.2. The predicted molar refractivity (Wildman–Crippen MR) is 71.9 cm³/mol. The Morgan fingerprint density at radius 2 is 2.00 bits per heavy atom. The fourth-order valence-electron chi connectivity index (χ4n) is 1.44. The summed E-state index contributed by atoms with van der Waals surface area (Å²) in [5.41, 5.74) is 7.49. The van der Waals surface area contributed by atoms with Crippen LogP contribution in [0.5, 0.6) is 0 Å². The molecule has 2 N–H and O–H groups in total. The molecule has 0 aliphatic heterocycles. The van der Waals surface area contributed by atoms with E-state index < -0.39 is 5.97 Å². The van der Waals surface area contributed by atoms with Gasteiger partial charge in [0, 0.05) is 22.6 Å². The van der Waals surface area contributed by atoms with Gasteiger partial charge in [0.1, 0.15) is 6.61 Å². The first-order valence-electron chi connectivity index (χ1n) is 5.27. The Labute approximate surface area is 113 Å².